The molecule has 0 unspecified atom stereocenters. The van der Waals surface area contributed by atoms with E-state index in [9.17, 15) is 5.11 Å². The van der Waals surface area contributed by atoms with Gasteiger partial charge in [-0.2, -0.15) is 0 Å². The molecule has 1 heteroatoms. The van der Waals surface area contributed by atoms with Crippen molar-refractivity contribution < 1.29 is 5.11 Å². The molecule has 0 heterocycles. The first kappa shape index (κ1) is 17.0. The van der Waals surface area contributed by atoms with E-state index in [0.717, 1.165) is 24.8 Å². The Labute approximate surface area is 113 Å². The summed E-state index contributed by atoms with van der Waals surface area (Å²) in [5, 5.41) is 9.69. The van der Waals surface area contributed by atoms with Gasteiger partial charge in [0.05, 0.1) is 0 Å². The zero-order chi connectivity index (χ0) is 13.8. The van der Waals surface area contributed by atoms with Crippen LogP contribution in [0.4, 0.5) is 0 Å². The zero-order valence-electron chi connectivity index (χ0n) is 12.6. The van der Waals surface area contributed by atoms with Crippen LogP contribution >= 0.6 is 0 Å². The predicted octanol–water partition coefficient (Wildman–Crippen LogP) is 5.49. The molecule has 1 aromatic rings. The molecular weight excluding hydrogens is 220 g/mol. The van der Waals surface area contributed by atoms with Gasteiger partial charge in [0, 0.05) is 0 Å². The van der Waals surface area contributed by atoms with Gasteiger partial charge < -0.3 is 5.11 Å². The van der Waals surface area contributed by atoms with Gasteiger partial charge in [0.1, 0.15) is 5.75 Å². The van der Waals surface area contributed by atoms with Gasteiger partial charge in [-0.1, -0.05) is 59.1 Å². The Balaban J connectivity index is 0.000000873. The van der Waals surface area contributed by atoms with Gasteiger partial charge in [-0.3, -0.25) is 0 Å². The van der Waals surface area contributed by atoms with Gasteiger partial charge in [-0.25, -0.2) is 0 Å². The van der Waals surface area contributed by atoms with Crippen LogP contribution in [-0.4, -0.2) is 5.11 Å². The van der Waals surface area contributed by atoms with E-state index in [1.54, 1.807) is 0 Å². The lowest BCUT2D eigenvalue weighted by Crippen LogP contribution is -1.90. The number of hydrogen-bond donors (Lipinski definition) is 1. The maximum atomic E-state index is 9.69. The normalized spacial score (nSPS) is 9.78. The fraction of sp³-hybridized carbons (Fsp3) is 0.647. The van der Waals surface area contributed by atoms with Crippen molar-refractivity contribution >= 4 is 0 Å². The summed E-state index contributed by atoms with van der Waals surface area (Å²) >= 11 is 0. The highest BCUT2D eigenvalue weighted by Gasteiger charge is 2.02. The second kappa shape index (κ2) is 11.1. The molecule has 1 rings (SSSR count). The van der Waals surface area contributed by atoms with Gasteiger partial charge in [0.25, 0.3) is 0 Å². The van der Waals surface area contributed by atoms with Crippen molar-refractivity contribution in [1.29, 1.82) is 0 Å². The van der Waals surface area contributed by atoms with Crippen molar-refractivity contribution in [3.05, 3.63) is 29.3 Å². The Hall–Kier alpha value is -0.980. The summed E-state index contributed by atoms with van der Waals surface area (Å²) < 4.78 is 0. The molecule has 0 aliphatic carbocycles. The number of rotatable bonds is 6. The molecule has 0 aliphatic rings. The highest BCUT2D eigenvalue weighted by Crippen LogP contribution is 2.21. The molecule has 104 valence electrons. The third-order valence-electron chi connectivity index (χ3n) is 2.76. The van der Waals surface area contributed by atoms with Crippen LogP contribution in [0.1, 0.15) is 70.9 Å². The fourth-order valence-electron chi connectivity index (χ4n) is 1.74. The lowest BCUT2D eigenvalue weighted by Gasteiger charge is -2.07. The van der Waals surface area contributed by atoms with Gasteiger partial charge >= 0.3 is 0 Å². The van der Waals surface area contributed by atoms with Crippen LogP contribution in [0.2, 0.25) is 0 Å². The average Bonchev–Trinajstić information content (AvgIpc) is 2.37. The number of phenolic OH excluding ortho intramolecular Hbond substituents is 1. The average molecular weight is 250 g/mol. The lowest BCUT2D eigenvalue weighted by atomic mass is 10.0. The predicted molar refractivity (Wildman–Crippen MR) is 81.3 cm³/mol. The van der Waals surface area contributed by atoms with Crippen molar-refractivity contribution in [3.63, 3.8) is 0 Å². The second-order valence-electron chi connectivity index (χ2n) is 4.88. The summed E-state index contributed by atoms with van der Waals surface area (Å²) in [5.41, 5.74) is 2.48. The maximum Gasteiger partial charge on any atom is 0.118 e. The topological polar surface area (TPSA) is 20.2 Å². The van der Waals surface area contributed by atoms with Crippen LogP contribution in [0.5, 0.6) is 5.75 Å². The minimum atomic E-state index is 0.462. The number of aromatic hydroxyl groups is 1. The van der Waals surface area contributed by atoms with Crippen LogP contribution in [-0.2, 0) is 12.8 Å². The van der Waals surface area contributed by atoms with Crippen LogP contribution in [0, 0.1) is 0 Å². The zero-order valence-corrected chi connectivity index (χ0v) is 12.6. The molecule has 1 N–H and O–H groups in total. The van der Waals surface area contributed by atoms with E-state index in [-0.39, 0.29) is 0 Å². The quantitative estimate of drug-likeness (QED) is 0.707. The highest BCUT2D eigenvalue weighted by molar-refractivity contribution is 5.36. The molecule has 0 bridgehead atoms. The number of hydrogen-bond acceptors (Lipinski definition) is 1. The molecule has 0 radical (unpaired) electrons. The molecule has 0 aromatic heterocycles. The monoisotopic (exact) mass is 250 g/mol. The van der Waals surface area contributed by atoms with Crippen LogP contribution < -0.4 is 0 Å². The molecule has 0 saturated heterocycles. The summed E-state index contributed by atoms with van der Waals surface area (Å²) in [4.78, 5) is 0. The third-order valence-corrected chi connectivity index (χ3v) is 2.76. The first-order chi connectivity index (χ1) is 8.69. The van der Waals surface area contributed by atoms with Crippen LogP contribution in [0.25, 0.3) is 0 Å². The number of aryl methyl sites for hydroxylation is 2. The molecule has 1 aromatic carbocycles. The van der Waals surface area contributed by atoms with Crippen LogP contribution in [0.15, 0.2) is 18.2 Å². The van der Waals surface area contributed by atoms with Gasteiger partial charge in [0.15, 0.2) is 0 Å². The van der Waals surface area contributed by atoms with E-state index in [2.05, 4.69) is 33.8 Å². The number of unbranched alkanes of at least 4 members (excludes halogenated alkanes) is 2. The van der Waals surface area contributed by atoms with E-state index in [1.807, 2.05) is 12.1 Å². The lowest BCUT2D eigenvalue weighted by molar-refractivity contribution is 0.466. The highest BCUT2D eigenvalue weighted by atomic mass is 16.3. The van der Waals surface area contributed by atoms with Crippen LogP contribution in [0.3, 0.4) is 0 Å². The van der Waals surface area contributed by atoms with E-state index in [1.165, 1.54) is 31.2 Å². The van der Waals surface area contributed by atoms with Gasteiger partial charge in [0.2, 0.25) is 0 Å². The molecule has 0 aliphatic heterocycles. The molecule has 0 fully saturated rings. The summed E-state index contributed by atoms with van der Waals surface area (Å²) in [6.45, 7) is 8.64. The Morgan fingerprint density at radius 1 is 0.889 bits per heavy atom. The molecule has 0 atom stereocenters. The van der Waals surface area contributed by atoms with Crippen molar-refractivity contribution in [3.8, 4) is 5.75 Å². The Morgan fingerprint density at radius 2 is 1.44 bits per heavy atom. The molecule has 0 amide bonds. The SMILES string of the molecule is CCC.CCCCc1ccc(O)c(CCCC)c1. The number of benzene rings is 1. The van der Waals surface area contributed by atoms with E-state index >= 15 is 0 Å². The Morgan fingerprint density at radius 3 is 2.00 bits per heavy atom. The minimum Gasteiger partial charge on any atom is -0.508 e. The standard InChI is InChI=1S/C14H22O.C3H8/c1-3-5-7-12-9-10-14(15)13(11-12)8-6-4-2;1-3-2/h9-11,15H,3-8H2,1-2H3;3H2,1-2H3. The van der Waals surface area contributed by atoms with Gasteiger partial charge in [-0.15, -0.1) is 0 Å². The molecule has 0 spiro atoms. The van der Waals surface area contributed by atoms with E-state index in [4.69, 9.17) is 0 Å². The molecule has 18 heavy (non-hydrogen) atoms. The molecular formula is C17H30O. The maximum absolute atomic E-state index is 9.69. The van der Waals surface area contributed by atoms with Crippen molar-refractivity contribution in [1.82, 2.24) is 0 Å². The van der Waals surface area contributed by atoms with Gasteiger partial charge in [-0.05, 0) is 42.9 Å². The Bertz CT molecular complexity index is 304. The summed E-state index contributed by atoms with van der Waals surface area (Å²) in [5.74, 6) is 0.462. The van der Waals surface area contributed by atoms with Crippen molar-refractivity contribution in [2.24, 2.45) is 0 Å². The second-order valence-corrected chi connectivity index (χ2v) is 4.88. The first-order valence-electron chi connectivity index (χ1n) is 7.50. The Kier molecular flexibility index (Phi) is 10.5. The molecule has 0 saturated carbocycles. The van der Waals surface area contributed by atoms with E-state index in [0.29, 0.717) is 5.75 Å². The largest absolute Gasteiger partial charge is 0.508 e. The van der Waals surface area contributed by atoms with Crippen molar-refractivity contribution in [2.45, 2.75) is 72.6 Å². The number of phenols is 1. The van der Waals surface area contributed by atoms with Crippen molar-refractivity contribution in [2.75, 3.05) is 0 Å². The smallest absolute Gasteiger partial charge is 0.118 e. The third kappa shape index (κ3) is 7.37. The molecule has 1 nitrogen and oxygen atoms in total. The fourth-order valence-corrected chi connectivity index (χ4v) is 1.74. The minimum absolute atomic E-state index is 0.462. The summed E-state index contributed by atoms with van der Waals surface area (Å²) in [6, 6.07) is 6.05. The summed E-state index contributed by atoms with van der Waals surface area (Å²) in [7, 11) is 0. The first-order valence-corrected chi connectivity index (χ1v) is 7.50. The van der Waals surface area contributed by atoms with E-state index < -0.39 is 0 Å². The summed E-state index contributed by atoms with van der Waals surface area (Å²) in [6.07, 6.45) is 8.19.